The van der Waals surface area contributed by atoms with Gasteiger partial charge in [-0.2, -0.15) is 0 Å². The van der Waals surface area contributed by atoms with Gasteiger partial charge in [0.15, 0.2) is 0 Å². The standard InChI is InChI=1S/C16H22ClN3O/c17-12-5-6-14-13(11-12)15(16(21)19-14)18-7-4-10-20-8-2-1-3-9-20/h5-6,11,15,18H,1-4,7-10H2,(H,19,21). The maximum absolute atomic E-state index is 12.0. The number of amides is 1. The number of rotatable bonds is 5. The molecule has 2 heterocycles. The summed E-state index contributed by atoms with van der Waals surface area (Å²) in [6.07, 6.45) is 5.09. The molecular weight excluding hydrogens is 286 g/mol. The number of hydrogen-bond acceptors (Lipinski definition) is 3. The fourth-order valence-electron chi connectivity index (χ4n) is 3.17. The van der Waals surface area contributed by atoms with E-state index in [-0.39, 0.29) is 11.9 Å². The van der Waals surface area contributed by atoms with Gasteiger partial charge in [0.2, 0.25) is 5.91 Å². The van der Waals surface area contributed by atoms with Gasteiger partial charge in [0, 0.05) is 16.3 Å². The normalized spacial score (nSPS) is 22.1. The van der Waals surface area contributed by atoms with Crippen LogP contribution in [0, 0.1) is 0 Å². The van der Waals surface area contributed by atoms with Crippen LogP contribution in [-0.2, 0) is 4.79 Å². The number of hydrogen-bond donors (Lipinski definition) is 2. The molecule has 1 aromatic carbocycles. The maximum Gasteiger partial charge on any atom is 0.246 e. The molecule has 1 atom stereocenters. The average Bonchev–Trinajstić information content (AvgIpc) is 2.80. The van der Waals surface area contributed by atoms with Gasteiger partial charge in [-0.3, -0.25) is 4.79 Å². The summed E-state index contributed by atoms with van der Waals surface area (Å²) in [5.74, 6) is 0.0187. The Bertz CT molecular complexity index is 514. The molecule has 1 fully saturated rings. The molecule has 1 amide bonds. The van der Waals surface area contributed by atoms with Crippen LogP contribution in [0.1, 0.15) is 37.3 Å². The lowest BCUT2D eigenvalue weighted by molar-refractivity contribution is -0.117. The molecular formula is C16H22ClN3O. The van der Waals surface area contributed by atoms with Crippen LogP contribution in [0.5, 0.6) is 0 Å². The van der Waals surface area contributed by atoms with E-state index in [1.165, 1.54) is 32.4 Å². The van der Waals surface area contributed by atoms with Crippen molar-refractivity contribution in [1.82, 2.24) is 10.2 Å². The summed E-state index contributed by atoms with van der Waals surface area (Å²) in [6.45, 7) is 4.41. The predicted molar refractivity (Wildman–Crippen MR) is 85.7 cm³/mol. The summed E-state index contributed by atoms with van der Waals surface area (Å²) in [5, 5.41) is 6.92. The van der Waals surface area contributed by atoms with Gasteiger partial charge in [0.05, 0.1) is 0 Å². The van der Waals surface area contributed by atoms with Gasteiger partial charge >= 0.3 is 0 Å². The second-order valence-electron chi connectivity index (χ2n) is 5.86. The number of benzene rings is 1. The molecule has 0 saturated carbocycles. The molecule has 114 valence electrons. The Morgan fingerprint density at radius 3 is 2.90 bits per heavy atom. The number of anilines is 1. The van der Waals surface area contributed by atoms with E-state index in [9.17, 15) is 4.79 Å². The summed E-state index contributed by atoms with van der Waals surface area (Å²) in [7, 11) is 0. The largest absolute Gasteiger partial charge is 0.324 e. The lowest BCUT2D eigenvalue weighted by Gasteiger charge is -2.26. The van der Waals surface area contributed by atoms with E-state index in [0.717, 1.165) is 30.8 Å². The van der Waals surface area contributed by atoms with Crippen molar-refractivity contribution in [3.05, 3.63) is 28.8 Å². The van der Waals surface area contributed by atoms with Gasteiger partial charge in [-0.25, -0.2) is 0 Å². The van der Waals surface area contributed by atoms with Crippen molar-refractivity contribution in [2.45, 2.75) is 31.7 Å². The second-order valence-corrected chi connectivity index (χ2v) is 6.30. The fraction of sp³-hybridized carbons (Fsp3) is 0.562. The maximum atomic E-state index is 12.0. The summed E-state index contributed by atoms with van der Waals surface area (Å²) in [4.78, 5) is 14.5. The Labute approximate surface area is 130 Å². The second kappa shape index (κ2) is 6.77. The van der Waals surface area contributed by atoms with Crippen LogP contribution in [0.25, 0.3) is 0 Å². The minimum Gasteiger partial charge on any atom is -0.324 e. The number of carbonyl (C=O) groups is 1. The van der Waals surface area contributed by atoms with Crippen LogP contribution in [0.3, 0.4) is 0 Å². The summed E-state index contributed by atoms with van der Waals surface area (Å²) < 4.78 is 0. The molecule has 1 saturated heterocycles. The summed E-state index contributed by atoms with van der Waals surface area (Å²) >= 11 is 6.03. The highest BCUT2D eigenvalue weighted by molar-refractivity contribution is 6.31. The van der Waals surface area contributed by atoms with Gasteiger partial charge in [-0.1, -0.05) is 18.0 Å². The fourth-order valence-corrected chi connectivity index (χ4v) is 3.35. The van der Waals surface area contributed by atoms with Crippen molar-refractivity contribution in [2.24, 2.45) is 0 Å². The number of nitrogens with zero attached hydrogens (tertiary/aromatic N) is 1. The van der Waals surface area contributed by atoms with E-state index < -0.39 is 0 Å². The molecule has 0 bridgehead atoms. The highest BCUT2D eigenvalue weighted by atomic mass is 35.5. The first-order chi connectivity index (χ1) is 10.2. The van der Waals surface area contributed by atoms with Crippen molar-refractivity contribution in [3.63, 3.8) is 0 Å². The van der Waals surface area contributed by atoms with Crippen molar-refractivity contribution in [2.75, 3.05) is 31.5 Å². The zero-order chi connectivity index (χ0) is 14.7. The van der Waals surface area contributed by atoms with E-state index in [1.54, 1.807) is 6.07 Å². The molecule has 21 heavy (non-hydrogen) atoms. The number of likely N-dealkylation sites (tertiary alicyclic amines) is 1. The number of piperidine rings is 1. The average molecular weight is 308 g/mol. The molecule has 0 radical (unpaired) electrons. The van der Waals surface area contributed by atoms with Gasteiger partial charge in [0.1, 0.15) is 6.04 Å². The molecule has 3 rings (SSSR count). The van der Waals surface area contributed by atoms with Crippen molar-refractivity contribution >= 4 is 23.2 Å². The smallest absolute Gasteiger partial charge is 0.246 e. The lowest BCUT2D eigenvalue weighted by Crippen LogP contribution is -2.34. The van der Waals surface area contributed by atoms with E-state index >= 15 is 0 Å². The molecule has 0 aliphatic carbocycles. The Kier molecular flexibility index (Phi) is 4.78. The SMILES string of the molecule is O=C1Nc2ccc(Cl)cc2C1NCCCN1CCCCC1. The molecule has 1 unspecified atom stereocenters. The quantitative estimate of drug-likeness (QED) is 0.822. The third kappa shape index (κ3) is 3.57. The van der Waals surface area contributed by atoms with Crippen LogP contribution in [0.2, 0.25) is 5.02 Å². The number of fused-ring (bicyclic) bond motifs is 1. The number of halogens is 1. The van der Waals surface area contributed by atoms with Gasteiger partial charge in [-0.05, 0) is 63.6 Å². The summed E-state index contributed by atoms with van der Waals surface area (Å²) in [6, 6.07) is 5.28. The van der Waals surface area contributed by atoms with E-state index in [4.69, 9.17) is 11.6 Å². The molecule has 2 N–H and O–H groups in total. The van der Waals surface area contributed by atoms with Gasteiger partial charge < -0.3 is 15.5 Å². The Morgan fingerprint density at radius 1 is 1.29 bits per heavy atom. The molecule has 1 aromatic rings. The number of nitrogens with one attached hydrogen (secondary N) is 2. The highest BCUT2D eigenvalue weighted by Gasteiger charge is 2.29. The molecule has 2 aliphatic heterocycles. The first-order valence-electron chi connectivity index (χ1n) is 7.80. The zero-order valence-corrected chi connectivity index (χ0v) is 13.0. The zero-order valence-electron chi connectivity index (χ0n) is 12.2. The van der Waals surface area contributed by atoms with E-state index in [1.807, 2.05) is 12.1 Å². The van der Waals surface area contributed by atoms with Crippen LogP contribution >= 0.6 is 11.6 Å². The molecule has 2 aliphatic rings. The molecule has 4 nitrogen and oxygen atoms in total. The first-order valence-corrected chi connectivity index (χ1v) is 8.18. The molecule has 0 aromatic heterocycles. The Hall–Kier alpha value is -1.10. The van der Waals surface area contributed by atoms with Gasteiger partial charge in [0.25, 0.3) is 0 Å². The van der Waals surface area contributed by atoms with Crippen LogP contribution < -0.4 is 10.6 Å². The van der Waals surface area contributed by atoms with E-state index in [0.29, 0.717) is 5.02 Å². The minimum atomic E-state index is -0.264. The summed E-state index contributed by atoms with van der Waals surface area (Å²) in [5.41, 5.74) is 1.84. The lowest BCUT2D eigenvalue weighted by atomic mass is 10.1. The van der Waals surface area contributed by atoms with Crippen LogP contribution in [0.4, 0.5) is 5.69 Å². The van der Waals surface area contributed by atoms with Crippen LogP contribution in [-0.4, -0.2) is 37.0 Å². The van der Waals surface area contributed by atoms with E-state index in [2.05, 4.69) is 15.5 Å². The first kappa shape index (κ1) is 14.8. The third-order valence-corrected chi connectivity index (χ3v) is 4.53. The van der Waals surface area contributed by atoms with Crippen molar-refractivity contribution in [1.29, 1.82) is 0 Å². The Morgan fingerprint density at radius 2 is 2.10 bits per heavy atom. The van der Waals surface area contributed by atoms with Gasteiger partial charge in [-0.15, -0.1) is 0 Å². The number of carbonyl (C=O) groups excluding carboxylic acids is 1. The minimum absolute atomic E-state index is 0.0187. The predicted octanol–water partition coefficient (Wildman–Crippen LogP) is 2.80. The van der Waals surface area contributed by atoms with Crippen LogP contribution in [0.15, 0.2) is 18.2 Å². The molecule has 0 spiro atoms. The van der Waals surface area contributed by atoms with Crippen molar-refractivity contribution in [3.8, 4) is 0 Å². The third-order valence-electron chi connectivity index (χ3n) is 4.29. The highest BCUT2D eigenvalue weighted by Crippen LogP contribution is 2.32. The molecule has 5 heteroatoms. The van der Waals surface area contributed by atoms with Crippen molar-refractivity contribution < 1.29 is 4.79 Å². The topological polar surface area (TPSA) is 44.4 Å². The Balaban J connectivity index is 1.49. The monoisotopic (exact) mass is 307 g/mol.